The molecule has 23 heavy (non-hydrogen) atoms. The van der Waals surface area contributed by atoms with Crippen LogP contribution in [0.2, 0.25) is 0 Å². The third-order valence-electron chi connectivity index (χ3n) is 3.36. The molecule has 7 nitrogen and oxygen atoms in total. The van der Waals surface area contributed by atoms with Crippen molar-refractivity contribution in [1.82, 2.24) is 15.3 Å². The Labute approximate surface area is 133 Å². The Hall–Kier alpha value is -2.96. The van der Waals surface area contributed by atoms with Crippen LogP contribution in [0.5, 0.6) is 0 Å². The van der Waals surface area contributed by atoms with Crippen LogP contribution in [0.1, 0.15) is 21.6 Å². The van der Waals surface area contributed by atoms with Crippen molar-refractivity contribution in [3.8, 4) is 0 Å². The number of nitrogens with two attached hydrogens (primary N) is 1. The molecular formula is C16H18N4O3. The second-order valence-electron chi connectivity index (χ2n) is 5.23. The van der Waals surface area contributed by atoms with E-state index < -0.39 is 17.8 Å². The summed E-state index contributed by atoms with van der Waals surface area (Å²) in [7, 11) is 0. The minimum Gasteiger partial charge on any atom is -0.481 e. The lowest BCUT2D eigenvalue weighted by atomic mass is 9.98. The van der Waals surface area contributed by atoms with Crippen molar-refractivity contribution >= 4 is 17.7 Å². The van der Waals surface area contributed by atoms with E-state index in [9.17, 15) is 14.7 Å². The van der Waals surface area contributed by atoms with Gasteiger partial charge in [0.25, 0.3) is 5.91 Å². The van der Waals surface area contributed by atoms with E-state index in [1.807, 2.05) is 31.2 Å². The standard InChI is InChI=1S/C16H18N4O3/c1-10-3-2-4-11(7-10)8-12(16(22)23)9-20-15(21)13-14(17)19-6-5-18-13/h2-7,12H,8-9H2,1H3,(H2,17,19)(H,20,21)(H,22,23). The summed E-state index contributed by atoms with van der Waals surface area (Å²) in [6.45, 7) is 1.93. The number of hydrogen-bond acceptors (Lipinski definition) is 5. The van der Waals surface area contributed by atoms with Crippen LogP contribution in [0.15, 0.2) is 36.7 Å². The molecule has 1 heterocycles. The highest BCUT2D eigenvalue weighted by Gasteiger charge is 2.20. The molecular weight excluding hydrogens is 296 g/mol. The maximum Gasteiger partial charge on any atom is 0.308 e. The Morgan fingerprint density at radius 2 is 2.04 bits per heavy atom. The fourth-order valence-electron chi connectivity index (χ4n) is 2.19. The maximum absolute atomic E-state index is 12.0. The number of anilines is 1. The summed E-state index contributed by atoms with van der Waals surface area (Å²) >= 11 is 0. The molecule has 7 heteroatoms. The smallest absolute Gasteiger partial charge is 0.308 e. The fourth-order valence-corrected chi connectivity index (χ4v) is 2.19. The molecule has 0 saturated carbocycles. The van der Waals surface area contributed by atoms with Gasteiger partial charge in [-0.2, -0.15) is 0 Å². The van der Waals surface area contributed by atoms with Crippen molar-refractivity contribution in [3.63, 3.8) is 0 Å². The van der Waals surface area contributed by atoms with Gasteiger partial charge in [-0.25, -0.2) is 9.97 Å². The van der Waals surface area contributed by atoms with Crippen LogP contribution in [-0.2, 0) is 11.2 Å². The van der Waals surface area contributed by atoms with Crippen molar-refractivity contribution in [2.75, 3.05) is 12.3 Å². The maximum atomic E-state index is 12.0. The zero-order chi connectivity index (χ0) is 16.8. The largest absolute Gasteiger partial charge is 0.481 e. The van der Waals surface area contributed by atoms with E-state index in [2.05, 4.69) is 15.3 Å². The summed E-state index contributed by atoms with van der Waals surface area (Å²) in [6.07, 6.45) is 3.06. The molecule has 1 aromatic heterocycles. The molecule has 0 aliphatic carbocycles. The van der Waals surface area contributed by atoms with Crippen molar-refractivity contribution in [2.24, 2.45) is 5.92 Å². The van der Waals surface area contributed by atoms with Gasteiger partial charge < -0.3 is 16.2 Å². The summed E-state index contributed by atoms with van der Waals surface area (Å²) < 4.78 is 0. The predicted octanol–water partition coefficient (Wildman–Crippen LogP) is 1.04. The fraction of sp³-hybridized carbons (Fsp3) is 0.250. The minimum atomic E-state index is -0.973. The van der Waals surface area contributed by atoms with Crippen LogP contribution in [0.3, 0.4) is 0 Å². The van der Waals surface area contributed by atoms with E-state index in [1.165, 1.54) is 12.4 Å². The molecule has 0 aliphatic heterocycles. The molecule has 0 fully saturated rings. The number of carbonyl (C=O) groups is 2. The van der Waals surface area contributed by atoms with Gasteiger partial charge in [-0.3, -0.25) is 9.59 Å². The normalized spacial score (nSPS) is 11.7. The number of carboxylic acids is 1. The monoisotopic (exact) mass is 314 g/mol. The number of nitrogens with one attached hydrogen (secondary N) is 1. The Morgan fingerprint density at radius 3 is 2.70 bits per heavy atom. The quantitative estimate of drug-likeness (QED) is 0.733. The first-order chi connectivity index (χ1) is 11.0. The van der Waals surface area contributed by atoms with Gasteiger partial charge in [-0.15, -0.1) is 0 Å². The van der Waals surface area contributed by atoms with E-state index in [0.29, 0.717) is 6.42 Å². The molecule has 0 aliphatic rings. The van der Waals surface area contributed by atoms with Crippen LogP contribution in [-0.4, -0.2) is 33.5 Å². The van der Waals surface area contributed by atoms with Crippen LogP contribution >= 0.6 is 0 Å². The van der Waals surface area contributed by atoms with Crippen molar-refractivity contribution in [3.05, 3.63) is 53.5 Å². The number of carboxylic acid groups (broad SMARTS) is 1. The number of nitrogen functional groups attached to an aromatic ring is 1. The van der Waals surface area contributed by atoms with Crippen LogP contribution in [0.25, 0.3) is 0 Å². The van der Waals surface area contributed by atoms with Crippen molar-refractivity contribution < 1.29 is 14.7 Å². The number of rotatable bonds is 6. The van der Waals surface area contributed by atoms with Crippen molar-refractivity contribution in [1.29, 1.82) is 0 Å². The number of hydrogen-bond donors (Lipinski definition) is 3. The second kappa shape index (κ2) is 7.35. The van der Waals surface area contributed by atoms with Gasteiger partial charge >= 0.3 is 5.97 Å². The van der Waals surface area contributed by atoms with Gasteiger partial charge in [-0.1, -0.05) is 29.8 Å². The number of nitrogens with zero attached hydrogens (tertiary/aromatic N) is 2. The van der Waals surface area contributed by atoms with Crippen molar-refractivity contribution in [2.45, 2.75) is 13.3 Å². The summed E-state index contributed by atoms with van der Waals surface area (Å²) in [6, 6.07) is 7.62. The van der Waals surface area contributed by atoms with Crippen LogP contribution in [0.4, 0.5) is 5.82 Å². The Balaban J connectivity index is 2.01. The molecule has 1 aromatic carbocycles. The lowest BCUT2D eigenvalue weighted by molar-refractivity contribution is -0.141. The van der Waals surface area contributed by atoms with Gasteiger partial charge in [0.05, 0.1) is 5.92 Å². The highest BCUT2D eigenvalue weighted by atomic mass is 16.4. The Bertz CT molecular complexity index is 718. The summed E-state index contributed by atoms with van der Waals surface area (Å²) in [5.74, 6) is -2.24. The first kappa shape index (κ1) is 16.4. The van der Waals surface area contributed by atoms with E-state index in [-0.39, 0.29) is 18.1 Å². The number of carbonyl (C=O) groups excluding carboxylic acids is 1. The number of aromatic nitrogens is 2. The molecule has 1 amide bonds. The van der Waals surface area contributed by atoms with Crippen LogP contribution in [0, 0.1) is 12.8 Å². The molecule has 0 saturated heterocycles. The zero-order valence-corrected chi connectivity index (χ0v) is 12.7. The SMILES string of the molecule is Cc1cccc(CC(CNC(=O)c2nccnc2N)C(=O)O)c1. The lowest BCUT2D eigenvalue weighted by Crippen LogP contribution is -2.35. The minimum absolute atomic E-state index is 0.00723. The highest BCUT2D eigenvalue weighted by molar-refractivity contribution is 5.96. The van der Waals surface area contributed by atoms with Gasteiger partial charge in [-0.05, 0) is 18.9 Å². The van der Waals surface area contributed by atoms with Gasteiger partial charge in [0.1, 0.15) is 0 Å². The molecule has 4 N–H and O–H groups in total. The number of aryl methyl sites for hydroxylation is 1. The molecule has 2 aromatic rings. The first-order valence-corrected chi connectivity index (χ1v) is 7.10. The third kappa shape index (κ3) is 4.50. The molecule has 0 bridgehead atoms. The topological polar surface area (TPSA) is 118 Å². The molecule has 1 unspecified atom stereocenters. The summed E-state index contributed by atoms with van der Waals surface area (Å²) in [5, 5.41) is 11.9. The predicted molar refractivity (Wildman–Crippen MR) is 84.8 cm³/mol. The molecule has 2 rings (SSSR count). The van der Waals surface area contributed by atoms with E-state index >= 15 is 0 Å². The Kier molecular flexibility index (Phi) is 5.24. The Morgan fingerprint density at radius 1 is 1.30 bits per heavy atom. The summed E-state index contributed by atoms with van der Waals surface area (Å²) in [4.78, 5) is 31.0. The third-order valence-corrected chi connectivity index (χ3v) is 3.36. The number of aliphatic carboxylic acids is 1. The van der Waals surface area contributed by atoms with E-state index in [1.54, 1.807) is 0 Å². The van der Waals surface area contributed by atoms with E-state index in [4.69, 9.17) is 5.73 Å². The average Bonchev–Trinajstić information content (AvgIpc) is 2.51. The number of benzene rings is 1. The second-order valence-corrected chi connectivity index (χ2v) is 5.23. The van der Waals surface area contributed by atoms with Crippen LogP contribution < -0.4 is 11.1 Å². The van der Waals surface area contributed by atoms with E-state index in [0.717, 1.165) is 11.1 Å². The molecule has 1 atom stereocenters. The first-order valence-electron chi connectivity index (χ1n) is 7.10. The number of amides is 1. The summed E-state index contributed by atoms with van der Waals surface area (Å²) in [5.41, 5.74) is 7.54. The highest BCUT2D eigenvalue weighted by Crippen LogP contribution is 2.11. The zero-order valence-electron chi connectivity index (χ0n) is 12.7. The van der Waals surface area contributed by atoms with Gasteiger partial charge in [0.2, 0.25) is 0 Å². The van der Waals surface area contributed by atoms with Gasteiger partial charge in [0.15, 0.2) is 11.5 Å². The van der Waals surface area contributed by atoms with Gasteiger partial charge in [0, 0.05) is 18.9 Å². The lowest BCUT2D eigenvalue weighted by Gasteiger charge is -2.14. The average molecular weight is 314 g/mol. The molecule has 0 spiro atoms. The molecule has 120 valence electrons. The molecule has 0 radical (unpaired) electrons.